The minimum atomic E-state index is 0.607. The maximum Gasteiger partial charge on any atom is 0.227 e. The molecule has 0 saturated carbocycles. The van der Waals surface area contributed by atoms with Gasteiger partial charge in [0.05, 0.1) is 0 Å². The lowest BCUT2D eigenvalue weighted by Gasteiger charge is -2.35. The molecule has 1 fully saturated rings. The van der Waals surface area contributed by atoms with E-state index in [0.29, 0.717) is 5.69 Å². The Bertz CT molecular complexity index is 916. The molecule has 3 aromatic heterocycles. The third-order valence-electron chi connectivity index (χ3n) is 4.21. The average Bonchev–Trinajstić information content (AvgIpc) is 3.23. The van der Waals surface area contributed by atoms with Crippen LogP contribution >= 0.6 is 11.3 Å². The van der Waals surface area contributed by atoms with Crippen molar-refractivity contribution in [2.75, 3.05) is 47.8 Å². The molecule has 0 spiro atoms. The second kappa shape index (κ2) is 6.57. The van der Waals surface area contributed by atoms with Crippen LogP contribution < -0.4 is 15.1 Å². The van der Waals surface area contributed by atoms with E-state index in [1.165, 1.54) is 0 Å². The van der Waals surface area contributed by atoms with Crippen LogP contribution in [-0.4, -0.2) is 52.1 Å². The van der Waals surface area contributed by atoms with E-state index in [0.717, 1.165) is 55.3 Å². The fraction of sp³-hybridized carbons (Fsp3) is 0.375. The van der Waals surface area contributed by atoms with Gasteiger partial charge in [0.15, 0.2) is 16.5 Å². The molecule has 0 unspecified atom stereocenters. The Morgan fingerprint density at radius 1 is 1.24 bits per heavy atom. The van der Waals surface area contributed by atoms with E-state index in [2.05, 4.69) is 36.1 Å². The van der Waals surface area contributed by atoms with Crippen LogP contribution in [0, 0.1) is 11.3 Å². The van der Waals surface area contributed by atoms with Gasteiger partial charge in [-0.3, -0.25) is 4.40 Å². The lowest BCUT2D eigenvalue weighted by atomic mass is 10.3. The first-order valence-electron chi connectivity index (χ1n) is 8.22. The van der Waals surface area contributed by atoms with Crippen LogP contribution in [0.3, 0.4) is 0 Å². The number of aromatic nitrogens is 4. The molecule has 1 saturated heterocycles. The van der Waals surface area contributed by atoms with Crippen molar-refractivity contribution in [3.05, 3.63) is 29.5 Å². The number of fused-ring (bicyclic) bond motifs is 1. The number of imidazole rings is 1. The highest BCUT2D eigenvalue weighted by Crippen LogP contribution is 2.25. The monoisotopic (exact) mass is 354 g/mol. The summed E-state index contributed by atoms with van der Waals surface area (Å²) in [5.41, 5.74) is 0.607. The van der Waals surface area contributed by atoms with Gasteiger partial charge in [-0.15, -0.1) is 11.3 Å². The van der Waals surface area contributed by atoms with Crippen LogP contribution in [0.5, 0.6) is 0 Å². The number of nitrogens with zero attached hydrogens (tertiary/aromatic N) is 7. The second-order valence-corrected chi connectivity index (χ2v) is 6.57. The Labute approximate surface area is 149 Å². The van der Waals surface area contributed by atoms with E-state index in [1.807, 2.05) is 29.0 Å². The van der Waals surface area contributed by atoms with Crippen molar-refractivity contribution in [3.63, 3.8) is 0 Å². The first kappa shape index (κ1) is 15.7. The molecular formula is C16H18N8S. The molecule has 0 radical (unpaired) electrons. The van der Waals surface area contributed by atoms with Crippen molar-refractivity contribution in [2.24, 2.45) is 0 Å². The van der Waals surface area contributed by atoms with Crippen molar-refractivity contribution < 1.29 is 0 Å². The fourth-order valence-electron chi connectivity index (χ4n) is 3.00. The largest absolute Gasteiger partial charge is 0.370 e. The van der Waals surface area contributed by atoms with E-state index in [-0.39, 0.29) is 0 Å². The van der Waals surface area contributed by atoms with Gasteiger partial charge in [-0.05, 0) is 13.0 Å². The van der Waals surface area contributed by atoms with Crippen molar-refractivity contribution in [1.29, 1.82) is 5.26 Å². The Hall–Kier alpha value is -2.86. The molecule has 128 valence electrons. The van der Waals surface area contributed by atoms with Crippen molar-refractivity contribution >= 4 is 33.9 Å². The van der Waals surface area contributed by atoms with Gasteiger partial charge < -0.3 is 15.1 Å². The lowest BCUT2D eigenvalue weighted by molar-refractivity contribution is 0.635. The summed E-state index contributed by atoms with van der Waals surface area (Å²) in [5.74, 6) is 2.36. The number of piperazine rings is 1. The van der Waals surface area contributed by atoms with Gasteiger partial charge >= 0.3 is 0 Å². The minimum Gasteiger partial charge on any atom is -0.370 e. The SMILES string of the molecule is CCNc1ccnc(N2CCN(c3nc4sccn4c3C#N)CC2)n1. The quantitative estimate of drug-likeness (QED) is 0.765. The van der Waals surface area contributed by atoms with Crippen molar-refractivity contribution in [2.45, 2.75) is 6.92 Å². The summed E-state index contributed by atoms with van der Waals surface area (Å²) in [6.07, 6.45) is 3.68. The Morgan fingerprint density at radius 2 is 2.04 bits per heavy atom. The lowest BCUT2D eigenvalue weighted by Crippen LogP contribution is -2.47. The summed E-state index contributed by atoms with van der Waals surface area (Å²) < 4.78 is 1.86. The van der Waals surface area contributed by atoms with E-state index in [1.54, 1.807) is 17.5 Å². The van der Waals surface area contributed by atoms with Gasteiger partial charge in [0.2, 0.25) is 5.95 Å². The zero-order valence-corrected chi connectivity index (χ0v) is 14.7. The molecule has 8 nitrogen and oxygen atoms in total. The zero-order chi connectivity index (χ0) is 17.2. The highest BCUT2D eigenvalue weighted by Gasteiger charge is 2.24. The van der Waals surface area contributed by atoms with Crippen LogP contribution in [-0.2, 0) is 0 Å². The zero-order valence-electron chi connectivity index (χ0n) is 13.9. The fourth-order valence-corrected chi connectivity index (χ4v) is 3.71. The van der Waals surface area contributed by atoms with Crippen LogP contribution in [0.2, 0.25) is 0 Å². The second-order valence-electron chi connectivity index (χ2n) is 5.70. The van der Waals surface area contributed by atoms with Crippen LogP contribution in [0.4, 0.5) is 17.6 Å². The molecule has 1 aliphatic heterocycles. The predicted octanol–water partition coefficient (Wildman–Crippen LogP) is 1.82. The molecule has 0 amide bonds. The molecule has 1 aliphatic rings. The molecule has 9 heteroatoms. The summed E-state index contributed by atoms with van der Waals surface area (Å²) in [6, 6.07) is 4.16. The van der Waals surface area contributed by atoms with Gasteiger partial charge in [0.1, 0.15) is 11.9 Å². The van der Waals surface area contributed by atoms with Crippen LogP contribution in [0.25, 0.3) is 4.96 Å². The van der Waals surface area contributed by atoms with Gasteiger partial charge in [-0.1, -0.05) is 0 Å². The molecule has 3 aromatic rings. The van der Waals surface area contributed by atoms with Gasteiger partial charge in [-0.2, -0.15) is 15.2 Å². The molecule has 0 aliphatic carbocycles. The summed E-state index contributed by atoms with van der Waals surface area (Å²) in [7, 11) is 0. The van der Waals surface area contributed by atoms with Gasteiger partial charge in [-0.25, -0.2) is 4.98 Å². The third-order valence-corrected chi connectivity index (χ3v) is 4.97. The number of anilines is 3. The summed E-state index contributed by atoms with van der Waals surface area (Å²) in [5, 5.41) is 14.7. The highest BCUT2D eigenvalue weighted by molar-refractivity contribution is 7.15. The van der Waals surface area contributed by atoms with E-state index in [9.17, 15) is 5.26 Å². The maximum absolute atomic E-state index is 9.50. The van der Waals surface area contributed by atoms with Crippen molar-refractivity contribution in [1.82, 2.24) is 19.4 Å². The standard InChI is InChI=1S/C16H18N8S/c1-2-18-13-3-4-19-15(20-13)23-7-5-22(6-8-23)14-12(11-17)24-9-10-25-16(24)21-14/h3-4,9-10H,2,5-8H2,1H3,(H,18,19,20). The van der Waals surface area contributed by atoms with Crippen molar-refractivity contribution in [3.8, 4) is 6.07 Å². The molecule has 25 heavy (non-hydrogen) atoms. The van der Waals surface area contributed by atoms with E-state index in [4.69, 9.17) is 0 Å². The average molecular weight is 354 g/mol. The topological polar surface area (TPSA) is 85.4 Å². The smallest absolute Gasteiger partial charge is 0.227 e. The molecule has 0 bridgehead atoms. The Kier molecular flexibility index (Phi) is 4.11. The minimum absolute atomic E-state index is 0.607. The Balaban J connectivity index is 1.50. The number of hydrogen-bond acceptors (Lipinski definition) is 8. The molecular weight excluding hydrogens is 336 g/mol. The maximum atomic E-state index is 9.50. The Morgan fingerprint density at radius 3 is 2.80 bits per heavy atom. The summed E-state index contributed by atoms with van der Waals surface area (Å²) >= 11 is 1.54. The molecule has 0 atom stereocenters. The number of thiazole rings is 1. The first-order valence-corrected chi connectivity index (χ1v) is 9.10. The van der Waals surface area contributed by atoms with Crippen LogP contribution in [0.15, 0.2) is 23.8 Å². The number of nitriles is 1. The van der Waals surface area contributed by atoms with Gasteiger partial charge in [0.25, 0.3) is 0 Å². The predicted molar refractivity (Wildman–Crippen MR) is 98.4 cm³/mol. The number of nitrogens with one attached hydrogen (secondary N) is 1. The summed E-state index contributed by atoms with van der Waals surface area (Å²) in [6.45, 7) is 6.04. The molecule has 0 aromatic carbocycles. The van der Waals surface area contributed by atoms with Crippen LogP contribution in [0.1, 0.15) is 12.6 Å². The van der Waals surface area contributed by atoms with E-state index >= 15 is 0 Å². The number of rotatable bonds is 4. The summed E-state index contributed by atoms with van der Waals surface area (Å²) in [4.78, 5) is 18.8. The van der Waals surface area contributed by atoms with Gasteiger partial charge in [0, 0.05) is 50.5 Å². The molecule has 4 rings (SSSR count). The highest BCUT2D eigenvalue weighted by atomic mass is 32.1. The molecule has 1 N–H and O–H groups in total. The molecule has 4 heterocycles. The first-order chi connectivity index (χ1) is 12.3. The third kappa shape index (κ3) is 2.85. The van der Waals surface area contributed by atoms with E-state index < -0.39 is 0 Å². The number of hydrogen-bond donors (Lipinski definition) is 1. The normalized spacial score (nSPS) is 14.7.